The molecule has 0 aliphatic heterocycles. The summed E-state index contributed by atoms with van der Waals surface area (Å²) >= 11 is 5.12. The van der Waals surface area contributed by atoms with Gasteiger partial charge in [-0.2, -0.15) is 26.3 Å². The number of aliphatic hydroxyl groups is 1. The first kappa shape index (κ1) is 26.4. The van der Waals surface area contributed by atoms with Gasteiger partial charge in [0, 0.05) is 30.2 Å². The number of hydrogen-bond acceptors (Lipinski definition) is 4. The third-order valence-corrected chi connectivity index (χ3v) is 5.14. The highest BCUT2D eigenvalue weighted by Crippen LogP contribution is 2.38. The molecule has 1 atom stereocenters. The first-order valence-corrected chi connectivity index (χ1v) is 10.4. The highest BCUT2D eigenvalue weighted by Gasteiger charge is 2.37. The first-order chi connectivity index (χ1) is 16.4. The van der Waals surface area contributed by atoms with Crippen LogP contribution in [0.25, 0.3) is 0 Å². The third kappa shape index (κ3) is 6.47. The molecule has 0 aliphatic carbocycles. The monoisotopic (exact) mass is 515 g/mol. The van der Waals surface area contributed by atoms with Gasteiger partial charge in [-0.1, -0.05) is 18.2 Å². The molecule has 186 valence electrons. The van der Waals surface area contributed by atoms with Crippen molar-refractivity contribution < 1.29 is 36.2 Å². The van der Waals surface area contributed by atoms with Crippen LogP contribution in [-0.4, -0.2) is 22.3 Å². The van der Waals surface area contributed by atoms with Crippen LogP contribution in [0.4, 0.5) is 37.7 Å². The Morgan fingerprint density at radius 1 is 0.971 bits per heavy atom. The molecule has 3 rings (SSSR count). The number of methoxy groups -OCH3 is 1. The van der Waals surface area contributed by atoms with E-state index in [4.69, 9.17) is 17.0 Å². The van der Waals surface area contributed by atoms with Crippen molar-refractivity contribution in [2.75, 3.05) is 17.7 Å². The smallest absolute Gasteiger partial charge is 0.392 e. The first-order valence-electron chi connectivity index (χ1n) is 9.98. The molecule has 1 aromatic heterocycles. The SMILES string of the molecule is COC(c1ccccn1)c1cccc(NC(=S)Nc2cc(C(F)(F)F)cc(C(F)(F)F)c2)c1CO. The Morgan fingerprint density at radius 2 is 1.63 bits per heavy atom. The minimum absolute atomic E-state index is 0.0253. The summed E-state index contributed by atoms with van der Waals surface area (Å²) < 4.78 is 84.3. The molecule has 1 heterocycles. The predicted octanol–water partition coefficient (Wildman–Crippen LogP) is 6.16. The number of hydrogen-bond donors (Lipinski definition) is 3. The predicted molar refractivity (Wildman–Crippen MR) is 122 cm³/mol. The zero-order valence-corrected chi connectivity index (χ0v) is 18.9. The highest BCUT2D eigenvalue weighted by atomic mass is 32.1. The third-order valence-electron chi connectivity index (χ3n) is 4.94. The standard InChI is InChI=1S/C23H19F6N3O2S/c1-34-20(19-6-2-3-8-30-19)16-5-4-7-18(17(16)12-33)32-21(35)31-15-10-13(22(24,25)26)9-14(11-15)23(27,28)29/h2-11,20,33H,12H2,1H3,(H2,31,32,35). The fourth-order valence-electron chi connectivity index (χ4n) is 3.39. The summed E-state index contributed by atoms with van der Waals surface area (Å²) in [6.45, 7) is -0.463. The summed E-state index contributed by atoms with van der Waals surface area (Å²) in [5, 5.41) is 14.8. The van der Waals surface area contributed by atoms with E-state index in [-0.39, 0.29) is 16.9 Å². The number of aromatic nitrogens is 1. The number of benzene rings is 2. The average Bonchev–Trinajstić information content (AvgIpc) is 2.79. The van der Waals surface area contributed by atoms with E-state index in [2.05, 4.69) is 15.6 Å². The summed E-state index contributed by atoms with van der Waals surface area (Å²) in [5.74, 6) is 0. The molecule has 0 radical (unpaired) electrons. The Bertz CT molecular complexity index is 1150. The van der Waals surface area contributed by atoms with Crippen molar-refractivity contribution in [2.24, 2.45) is 0 Å². The van der Waals surface area contributed by atoms with E-state index in [0.29, 0.717) is 29.0 Å². The normalized spacial score (nSPS) is 12.8. The van der Waals surface area contributed by atoms with E-state index in [0.717, 1.165) is 0 Å². The quantitative estimate of drug-likeness (QED) is 0.270. The maximum absolute atomic E-state index is 13.1. The zero-order valence-electron chi connectivity index (χ0n) is 18.0. The molecule has 0 bridgehead atoms. The van der Waals surface area contributed by atoms with E-state index in [1.165, 1.54) is 7.11 Å². The summed E-state index contributed by atoms with van der Waals surface area (Å²) in [5.41, 5.74) is -1.72. The van der Waals surface area contributed by atoms with Crippen molar-refractivity contribution in [1.82, 2.24) is 4.98 Å². The molecule has 5 nitrogen and oxygen atoms in total. The van der Waals surface area contributed by atoms with Gasteiger partial charge in [-0.3, -0.25) is 4.98 Å². The molecule has 0 saturated heterocycles. The number of nitrogens with zero attached hydrogens (tertiary/aromatic N) is 1. The van der Waals surface area contributed by atoms with Gasteiger partial charge in [-0.15, -0.1) is 0 Å². The van der Waals surface area contributed by atoms with Crippen LogP contribution in [0.2, 0.25) is 0 Å². The Kier molecular flexibility index (Phi) is 7.98. The lowest BCUT2D eigenvalue weighted by Crippen LogP contribution is -2.22. The minimum atomic E-state index is -4.99. The van der Waals surface area contributed by atoms with Crippen LogP contribution in [0.5, 0.6) is 0 Å². The van der Waals surface area contributed by atoms with Gasteiger partial charge in [0.15, 0.2) is 5.11 Å². The maximum Gasteiger partial charge on any atom is 0.416 e. The van der Waals surface area contributed by atoms with Crippen LogP contribution < -0.4 is 10.6 Å². The molecule has 0 saturated carbocycles. The van der Waals surface area contributed by atoms with Crippen LogP contribution >= 0.6 is 12.2 Å². The molecule has 3 N–H and O–H groups in total. The van der Waals surface area contributed by atoms with Gasteiger partial charge in [0.2, 0.25) is 0 Å². The largest absolute Gasteiger partial charge is 0.416 e. The van der Waals surface area contributed by atoms with Gasteiger partial charge in [0.1, 0.15) is 6.10 Å². The summed E-state index contributed by atoms with van der Waals surface area (Å²) in [6, 6.07) is 11.1. The van der Waals surface area contributed by atoms with E-state index < -0.39 is 41.9 Å². The number of ether oxygens (including phenoxy) is 1. The molecule has 0 aliphatic rings. The molecule has 3 aromatic rings. The van der Waals surface area contributed by atoms with Crippen molar-refractivity contribution >= 4 is 28.7 Å². The second-order valence-electron chi connectivity index (χ2n) is 7.28. The van der Waals surface area contributed by atoms with Crippen LogP contribution in [0.1, 0.15) is 34.1 Å². The van der Waals surface area contributed by atoms with E-state index in [9.17, 15) is 31.4 Å². The average molecular weight is 515 g/mol. The Labute approximate surface area is 201 Å². The Hall–Kier alpha value is -3.22. The zero-order chi connectivity index (χ0) is 25.8. The van der Waals surface area contributed by atoms with Crippen molar-refractivity contribution in [3.05, 3.63) is 88.7 Å². The van der Waals surface area contributed by atoms with Gasteiger partial charge in [-0.25, -0.2) is 0 Å². The summed E-state index contributed by atoms with van der Waals surface area (Å²) in [7, 11) is 1.46. The van der Waals surface area contributed by atoms with Crippen molar-refractivity contribution in [1.29, 1.82) is 0 Å². The van der Waals surface area contributed by atoms with Gasteiger partial charge < -0.3 is 20.5 Å². The van der Waals surface area contributed by atoms with E-state index >= 15 is 0 Å². The van der Waals surface area contributed by atoms with Crippen molar-refractivity contribution in [3.8, 4) is 0 Å². The summed E-state index contributed by atoms with van der Waals surface area (Å²) in [6.07, 6.45) is -9.07. The number of thiocarbonyl (C=S) groups is 1. The fraction of sp³-hybridized carbons (Fsp3) is 0.217. The number of rotatable bonds is 6. The molecule has 1 unspecified atom stereocenters. The Morgan fingerprint density at radius 3 is 2.14 bits per heavy atom. The second kappa shape index (κ2) is 10.6. The Balaban J connectivity index is 1.91. The van der Waals surface area contributed by atoms with Crippen molar-refractivity contribution in [2.45, 2.75) is 25.1 Å². The molecule has 0 spiro atoms. The van der Waals surface area contributed by atoms with Crippen molar-refractivity contribution in [3.63, 3.8) is 0 Å². The second-order valence-corrected chi connectivity index (χ2v) is 7.68. The molecule has 35 heavy (non-hydrogen) atoms. The molecule has 2 aromatic carbocycles. The minimum Gasteiger partial charge on any atom is -0.392 e. The summed E-state index contributed by atoms with van der Waals surface area (Å²) in [4.78, 5) is 4.26. The maximum atomic E-state index is 13.1. The lowest BCUT2D eigenvalue weighted by atomic mass is 9.98. The number of pyridine rings is 1. The van der Waals surface area contributed by atoms with Gasteiger partial charge >= 0.3 is 12.4 Å². The molecule has 0 amide bonds. The van der Waals surface area contributed by atoms with Crippen LogP contribution in [0, 0.1) is 0 Å². The number of alkyl halides is 6. The van der Waals surface area contributed by atoms with Gasteiger partial charge in [0.05, 0.1) is 23.4 Å². The van der Waals surface area contributed by atoms with Crippen LogP contribution in [0.3, 0.4) is 0 Å². The van der Waals surface area contributed by atoms with E-state index in [1.807, 2.05) is 0 Å². The number of anilines is 2. The molecule has 12 heteroatoms. The number of halogens is 6. The molecular formula is C23H19F6N3O2S. The lowest BCUT2D eigenvalue weighted by Gasteiger charge is -2.21. The van der Waals surface area contributed by atoms with Gasteiger partial charge in [0.25, 0.3) is 0 Å². The fourth-order valence-corrected chi connectivity index (χ4v) is 3.62. The van der Waals surface area contributed by atoms with Gasteiger partial charge in [-0.05, 0) is 54.2 Å². The number of nitrogens with one attached hydrogen (secondary N) is 2. The molecular weight excluding hydrogens is 496 g/mol. The van der Waals surface area contributed by atoms with E-state index in [1.54, 1.807) is 42.6 Å². The van der Waals surface area contributed by atoms with Crippen LogP contribution in [-0.2, 0) is 23.7 Å². The number of aliphatic hydroxyl groups excluding tert-OH is 1. The highest BCUT2D eigenvalue weighted by molar-refractivity contribution is 7.80. The topological polar surface area (TPSA) is 66.4 Å². The molecule has 0 fully saturated rings. The lowest BCUT2D eigenvalue weighted by molar-refractivity contribution is -0.143. The van der Waals surface area contributed by atoms with Crippen LogP contribution in [0.15, 0.2) is 60.8 Å².